The van der Waals surface area contributed by atoms with Crippen LogP contribution in [0, 0.1) is 0 Å². The Morgan fingerprint density at radius 2 is 1.02 bits per heavy atom. The van der Waals surface area contributed by atoms with E-state index in [-0.39, 0.29) is 49.4 Å². The van der Waals surface area contributed by atoms with E-state index in [0.717, 1.165) is 0 Å². The number of hydrogen-bond donors (Lipinski definition) is 0. The van der Waals surface area contributed by atoms with Crippen LogP contribution in [0.5, 0.6) is 0 Å². The monoisotopic (exact) mass is 564 g/mol. The molecule has 0 saturated heterocycles. The minimum absolute atomic E-state index is 0.00146. The first-order chi connectivity index (χ1) is 28.8. The molecule has 0 aliphatic carbocycles. The summed E-state index contributed by atoms with van der Waals surface area (Å²) in [7, 11) is 0. The van der Waals surface area contributed by atoms with Crippen molar-refractivity contribution in [3.63, 3.8) is 0 Å². The summed E-state index contributed by atoms with van der Waals surface area (Å²) in [5.74, 6) is 0. The average Bonchev–Trinajstić information content (AvgIpc) is 3.65. The summed E-state index contributed by atoms with van der Waals surface area (Å²) in [6.07, 6.45) is 0. The second-order valence-electron chi connectivity index (χ2n) is 9.85. The van der Waals surface area contributed by atoms with E-state index in [4.69, 9.17) is 22.2 Å². The first kappa shape index (κ1) is 12.3. The molecule has 1 nitrogen and oxygen atoms in total. The number of benzene rings is 8. The zero-order valence-electron chi connectivity index (χ0n) is 40.0. The van der Waals surface area contributed by atoms with Gasteiger partial charge in [0, 0.05) is 21.9 Å². The predicted octanol–water partition coefficient (Wildman–Crippen LogP) is 12.0. The van der Waals surface area contributed by atoms with E-state index in [9.17, 15) is 6.85 Å². The van der Waals surface area contributed by atoms with E-state index >= 15 is 0 Å². The first-order valence-electron chi connectivity index (χ1n) is 22.3. The second kappa shape index (κ2) is 9.44. The van der Waals surface area contributed by atoms with Gasteiger partial charge in [-0.05, 0) is 72.7 Å². The average molecular weight is 565 g/mol. The fourth-order valence-electron chi connectivity index (χ4n) is 5.67. The van der Waals surface area contributed by atoms with Gasteiger partial charge in [0.2, 0.25) is 0 Å². The molecule has 1 heteroatoms. The third kappa shape index (κ3) is 3.72. The Bertz CT molecular complexity index is 3430. The lowest BCUT2D eigenvalue weighted by molar-refractivity contribution is 0.670. The van der Waals surface area contributed by atoms with Crippen LogP contribution in [0.3, 0.4) is 0 Å². The Labute approximate surface area is 274 Å². The van der Waals surface area contributed by atoms with Gasteiger partial charge in [0.05, 0.1) is 24.7 Å². The molecular weight excluding hydrogens is 520 g/mol. The van der Waals surface area contributed by atoms with E-state index in [1.807, 2.05) is 0 Å². The number of rotatable bonds is 3. The van der Waals surface area contributed by atoms with Gasteiger partial charge in [-0.3, -0.25) is 0 Å². The Balaban J connectivity index is 1.46. The minimum Gasteiger partial charge on any atom is -0.455 e. The van der Waals surface area contributed by atoms with Gasteiger partial charge < -0.3 is 4.42 Å². The molecule has 0 N–H and O–H groups in total. The number of para-hydroxylation sites is 2. The van der Waals surface area contributed by atoms with Crippen LogP contribution in [-0.4, -0.2) is 0 Å². The number of hydrogen-bond acceptors (Lipinski definition) is 1. The van der Waals surface area contributed by atoms with Crippen LogP contribution in [0.4, 0.5) is 0 Å². The highest BCUT2D eigenvalue weighted by atomic mass is 16.3. The molecule has 0 aliphatic heterocycles. The molecule has 1 aromatic heterocycles. The van der Waals surface area contributed by atoms with Crippen LogP contribution >= 0.6 is 0 Å². The topological polar surface area (TPSA) is 13.1 Å². The highest BCUT2D eigenvalue weighted by Gasteiger charge is 2.20. The van der Waals surface area contributed by atoms with Crippen LogP contribution < -0.4 is 0 Å². The van der Waals surface area contributed by atoms with Gasteiger partial charge >= 0.3 is 0 Å². The molecule has 9 aromatic rings. The third-order valence-electron chi connectivity index (χ3n) is 7.49. The van der Waals surface area contributed by atoms with Crippen LogP contribution in [-0.2, 0) is 0 Å². The maximum Gasteiger partial charge on any atom is 0.143 e. The fourth-order valence-corrected chi connectivity index (χ4v) is 5.67. The lowest BCUT2D eigenvalue weighted by Crippen LogP contribution is -1.91. The molecule has 9 rings (SSSR count). The SMILES string of the molecule is [2H]c1c([2H])c([2H])c(-c2c([2H])c([2H])c3c([2H])c([2H])c(-c4c5ccccc5c(-c5c([2H])c([2H])c([2H])c6c5oc5c([2H])c([2H])c([2H])c([2H])c56)c5ccccc45)c([2H])c3c2[2H])c([2H])c1[2H]. The van der Waals surface area contributed by atoms with Gasteiger partial charge in [-0.15, -0.1) is 0 Å². The molecule has 0 unspecified atom stereocenters. The molecule has 0 aliphatic rings. The maximum atomic E-state index is 9.68. The molecule has 0 saturated carbocycles. The highest BCUT2D eigenvalue weighted by Crippen LogP contribution is 2.46. The molecule has 0 bridgehead atoms. The van der Waals surface area contributed by atoms with Crippen molar-refractivity contribution >= 4 is 54.3 Å². The summed E-state index contributed by atoms with van der Waals surface area (Å²) in [6, 6.07) is 2.48. The molecule has 43 heavy (non-hydrogen) atoms. The molecule has 200 valence electrons. The Morgan fingerprint density at radius 1 is 0.419 bits per heavy atom. The van der Waals surface area contributed by atoms with Gasteiger partial charge in [-0.2, -0.15) is 0 Å². The lowest BCUT2D eigenvalue weighted by atomic mass is 9.85. The Morgan fingerprint density at radius 3 is 1.77 bits per heavy atom. The van der Waals surface area contributed by atoms with Crippen LogP contribution in [0.15, 0.2) is 162 Å². The Hall–Kier alpha value is -5.66. The van der Waals surface area contributed by atoms with Crippen molar-refractivity contribution in [2.75, 3.05) is 0 Å². The van der Waals surface area contributed by atoms with Gasteiger partial charge in [-0.25, -0.2) is 0 Å². The predicted molar refractivity (Wildman–Crippen MR) is 183 cm³/mol. The standard InChI is InChI=1S/C42H26O/c1-2-11-27(12-3-1)29-23-21-28-22-24-30(26-31(28)25-29)40-33-14-4-6-16-35(33)41(36-17-7-5-15-34(36)40)38-19-10-18-37-32-13-8-9-20-39(32)43-42(37)38/h1-26H/i1D,2D,3D,8D,9D,10D,11D,12D,13D,18D,19D,20D,21D,22D,23D,24D,25D,26D. The van der Waals surface area contributed by atoms with Gasteiger partial charge in [0.15, 0.2) is 0 Å². The zero-order chi connectivity index (χ0) is 44.0. The summed E-state index contributed by atoms with van der Waals surface area (Å²) in [6.45, 7) is 0. The molecule has 8 aromatic carbocycles. The molecule has 0 atom stereocenters. The smallest absolute Gasteiger partial charge is 0.143 e. The second-order valence-corrected chi connectivity index (χ2v) is 9.85. The van der Waals surface area contributed by atoms with Gasteiger partial charge in [0.25, 0.3) is 0 Å². The van der Waals surface area contributed by atoms with E-state index < -0.39 is 120 Å². The molecule has 0 fully saturated rings. The zero-order valence-corrected chi connectivity index (χ0v) is 22.0. The lowest BCUT2D eigenvalue weighted by Gasteiger charge is -2.18. The van der Waals surface area contributed by atoms with Crippen LogP contribution in [0.2, 0.25) is 0 Å². The summed E-state index contributed by atoms with van der Waals surface area (Å²) in [4.78, 5) is 0. The van der Waals surface area contributed by atoms with Crippen molar-refractivity contribution < 1.29 is 29.1 Å². The summed E-state index contributed by atoms with van der Waals surface area (Å²) in [5, 5.41) is 0.500. The number of fused-ring (bicyclic) bond motifs is 6. The van der Waals surface area contributed by atoms with E-state index in [1.54, 1.807) is 48.5 Å². The fraction of sp³-hybridized carbons (Fsp3) is 0. The molecule has 0 amide bonds. The van der Waals surface area contributed by atoms with Crippen molar-refractivity contribution in [2.24, 2.45) is 0 Å². The molecule has 1 heterocycles. The highest BCUT2D eigenvalue weighted by molar-refractivity contribution is 6.24. The van der Waals surface area contributed by atoms with E-state index in [0.29, 0.717) is 27.1 Å². The van der Waals surface area contributed by atoms with E-state index in [2.05, 4.69) is 0 Å². The van der Waals surface area contributed by atoms with Crippen molar-refractivity contribution in [1.82, 2.24) is 0 Å². The van der Waals surface area contributed by atoms with Crippen molar-refractivity contribution in [3.05, 3.63) is 157 Å². The summed E-state index contributed by atoms with van der Waals surface area (Å²) >= 11 is 0. The van der Waals surface area contributed by atoms with Crippen molar-refractivity contribution in [1.29, 1.82) is 0 Å². The van der Waals surface area contributed by atoms with Gasteiger partial charge in [0.1, 0.15) is 11.2 Å². The van der Waals surface area contributed by atoms with Crippen molar-refractivity contribution in [3.8, 4) is 33.4 Å². The quantitative estimate of drug-likeness (QED) is 0.195. The normalized spacial score (nSPS) is 17.6. The van der Waals surface area contributed by atoms with Crippen molar-refractivity contribution in [2.45, 2.75) is 0 Å². The Kier molecular flexibility index (Phi) is 2.70. The largest absolute Gasteiger partial charge is 0.455 e. The summed E-state index contributed by atoms with van der Waals surface area (Å²) < 4.78 is 164. The summed E-state index contributed by atoms with van der Waals surface area (Å²) in [5.41, 5.74) is -1.08. The molecule has 0 spiro atoms. The third-order valence-corrected chi connectivity index (χ3v) is 7.49. The van der Waals surface area contributed by atoms with Gasteiger partial charge in [-0.1, -0.05) is 139 Å². The minimum atomic E-state index is -0.734. The number of furan rings is 1. The molecular formula is C42H26O. The van der Waals surface area contributed by atoms with Crippen LogP contribution in [0.1, 0.15) is 24.7 Å². The molecule has 0 radical (unpaired) electrons. The van der Waals surface area contributed by atoms with Crippen LogP contribution in [0.25, 0.3) is 87.6 Å². The first-order valence-corrected chi connectivity index (χ1v) is 13.3. The van der Waals surface area contributed by atoms with E-state index in [1.165, 1.54) is 0 Å². The maximum absolute atomic E-state index is 9.68.